The predicted octanol–water partition coefficient (Wildman–Crippen LogP) is 2.29. The number of benzene rings is 1. The Morgan fingerprint density at radius 1 is 1.06 bits per heavy atom. The van der Waals surface area contributed by atoms with Gasteiger partial charge >= 0.3 is 7.12 Å². The summed E-state index contributed by atoms with van der Waals surface area (Å²) in [4.78, 5) is 0. The van der Waals surface area contributed by atoms with Gasteiger partial charge in [-0.1, -0.05) is 12.1 Å². The van der Waals surface area contributed by atoms with Crippen molar-refractivity contribution in [1.82, 2.24) is 0 Å². The van der Waals surface area contributed by atoms with Crippen molar-refractivity contribution in [3.63, 3.8) is 0 Å². The summed E-state index contributed by atoms with van der Waals surface area (Å²) in [6.07, 6.45) is 0. The van der Waals surface area contributed by atoms with Crippen LogP contribution in [-0.4, -0.2) is 25.2 Å². The minimum atomic E-state index is -0.824. The first-order valence-electron chi connectivity index (χ1n) is 6.00. The Morgan fingerprint density at radius 2 is 1.56 bits per heavy atom. The van der Waals surface area contributed by atoms with Gasteiger partial charge in [0.1, 0.15) is 5.75 Å². The summed E-state index contributed by atoms with van der Waals surface area (Å²) in [5, 5.41) is 0. The summed E-state index contributed by atoms with van der Waals surface area (Å²) >= 11 is 0. The van der Waals surface area contributed by atoms with Gasteiger partial charge in [0.2, 0.25) is 6.86 Å². The molecule has 0 aromatic heterocycles. The van der Waals surface area contributed by atoms with Gasteiger partial charge in [-0.05, 0) is 45.3 Å². The standard InChI is InChI=1S/C13H18BFO3/c1-12(2)13(3,4)18-14(17-12)10-5-7-11(8-6-10)16-9-15/h5-8H,9H2,1-4H3. The molecule has 0 N–H and O–H groups in total. The van der Waals surface area contributed by atoms with Gasteiger partial charge in [-0.2, -0.15) is 0 Å². The van der Waals surface area contributed by atoms with Crippen LogP contribution in [0.25, 0.3) is 0 Å². The molecule has 1 aromatic carbocycles. The molecule has 2 rings (SSSR count). The number of alkyl halides is 1. The average molecular weight is 252 g/mol. The lowest BCUT2D eigenvalue weighted by molar-refractivity contribution is 0.00578. The highest BCUT2D eigenvalue weighted by molar-refractivity contribution is 6.62. The Labute approximate surface area is 107 Å². The van der Waals surface area contributed by atoms with Crippen molar-refractivity contribution in [3.05, 3.63) is 24.3 Å². The molecular weight excluding hydrogens is 234 g/mol. The fraction of sp³-hybridized carbons (Fsp3) is 0.538. The first-order chi connectivity index (χ1) is 8.36. The zero-order chi connectivity index (χ0) is 13.4. The van der Waals surface area contributed by atoms with Crippen LogP contribution in [0.4, 0.5) is 4.39 Å². The molecule has 0 atom stereocenters. The van der Waals surface area contributed by atoms with E-state index in [0.29, 0.717) is 5.75 Å². The Hall–Kier alpha value is -1.07. The summed E-state index contributed by atoms with van der Waals surface area (Å²) in [5.41, 5.74) is 0.192. The monoisotopic (exact) mass is 252 g/mol. The van der Waals surface area contributed by atoms with Gasteiger partial charge in [0.05, 0.1) is 11.2 Å². The molecule has 18 heavy (non-hydrogen) atoms. The molecule has 1 aliphatic rings. The molecule has 5 heteroatoms. The highest BCUT2D eigenvalue weighted by atomic mass is 19.1. The van der Waals surface area contributed by atoms with Crippen LogP contribution in [0.5, 0.6) is 5.75 Å². The van der Waals surface area contributed by atoms with Crippen LogP contribution in [0.15, 0.2) is 24.3 Å². The molecule has 0 radical (unpaired) electrons. The second-order valence-corrected chi connectivity index (χ2v) is 5.41. The van der Waals surface area contributed by atoms with Crippen molar-refractivity contribution >= 4 is 12.6 Å². The van der Waals surface area contributed by atoms with Crippen LogP contribution in [0.2, 0.25) is 0 Å². The highest BCUT2D eigenvalue weighted by Crippen LogP contribution is 2.36. The van der Waals surface area contributed by atoms with Crippen LogP contribution in [0, 0.1) is 0 Å². The number of rotatable bonds is 3. The zero-order valence-electron chi connectivity index (χ0n) is 11.2. The van der Waals surface area contributed by atoms with Crippen LogP contribution < -0.4 is 10.2 Å². The van der Waals surface area contributed by atoms with Crippen molar-refractivity contribution in [2.75, 3.05) is 6.86 Å². The van der Waals surface area contributed by atoms with Gasteiger partial charge in [0.15, 0.2) is 0 Å². The zero-order valence-corrected chi connectivity index (χ0v) is 11.2. The van der Waals surface area contributed by atoms with E-state index in [1.807, 2.05) is 39.8 Å². The van der Waals surface area contributed by atoms with E-state index in [1.165, 1.54) is 0 Å². The normalized spacial score (nSPS) is 21.1. The third-order valence-electron chi connectivity index (χ3n) is 3.63. The first kappa shape index (κ1) is 13.4. The number of halogens is 1. The molecule has 1 aromatic rings. The van der Waals surface area contributed by atoms with Gasteiger partial charge in [-0.3, -0.25) is 0 Å². The molecule has 98 valence electrons. The molecule has 3 nitrogen and oxygen atoms in total. The summed E-state index contributed by atoms with van der Waals surface area (Å²) in [6, 6.07) is 7.07. The summed E-state index contributed by atoms with van der Waals surface area (Å²) in [6.45, 7) is 7.21. The molecule has 0 amide bonds. The third kappa shape index (κ3) is 2.38. The quantitative estimate of drug-likeness (QED) is 0.772. The van der Waals surface area contributed by atoms with Gasteiger partial charge < -0.3 is 14.0 Å². The van der Waals surface area contributed by atoms with Crippen molar-refractivity contribution in [2.24, 2.45) is 0 Å². The number of hydrogen-bond donors (Lipinski definition) is 0. The molecular formula is C13H18BFO3. The molecule has 1 saturated heterocycles. The highest BCUT2D eigenvalue weighted by Gasteiger charge is 2.51. The topological polar surface area (TPSA) is 27.7 Å². The van der Waals surface area contributed by atoms with Crippen molar-refractivity contribution in [1.29, 1.82) is 0 Å². The molecule has 0 aliphatic carbocycles. The molecule has 1 aliphatic heterocycles. The molecule has 0 spiro atoms. The van der Waals surface area contributed by atoms with Gasteiger partial charge in [-0.25, -0.2) is 4.39 Å². The number of hydrogen-bond acceptors (Lipinski definition) is 3. The van der Waals surface area contributed by atoms with Crippen LogP contribution in [0.3, 0.4) is 0 Å². The van der Waals surface area contributed by atoms with Gasteiger partial charge in [0, 0.05) is 0 Å². The van der Waals surface area contributed by atoms with E-state index in [0.717, 1.165) is 5.46 Å². The Kier molecular flexibility index (Phi) is 3.38. The number of ether oxygens (including phenoxy) is 1. The molecule has 0 bridgehead atoms. The second-order valence-electron chi connectivity index (χ2n) is 5.41. The van der Waals surface area contributed by atoms with E-state index in [9.17, 15) is 4.39 Å². The van der Waals surface area contributed by atoms with E-state index in [-0.39, 0.29) is 11.2 Å². The van der Waals surface area contributed by atoms with Gasteiger partial charge in [0.25, 0.3) is 0 Å². The minimum absolute atomic E-state index is 0.355. The van der Waals surface area contributed by atoms with E-state index in [1.54, 1.807) is 12.1 Å². The molecule has 1 fully saturated rings. The lowest BCUT2D eigenvalue weighted by Crippen LogP contribution is -2.41. The fourth-order valence-electron chi connectivity index (χ4n) is 1.76. The Balaban J connectivity index is 2.14. The van der Waals surface area contributed by atoms with Crippen molar-refractivity contribution in [3.8, 4) is 5.75 Å². The predicted molar refractivity (Wildman–Crippen MR) is 68.8 cm³/mol. The van der Waals surface area contributed by atoms with Crippen molar-refractivity contribution in [2.45, 2.75) is 38.9 Å². The van der Waals surface area contributed by atoms with E-state index in [4.69, 9.17) is 14.0 Å². The van der Waals surface area contributed by atoms with Crippen LogP contribution >= 0.6 is 0 Å². The first-order valence-corrected chi connectivity index (χ1v) is 6.00. The van der Waals surface area contributed by atoms with E-state index < -0.39 is 14.0 Å². The SMILES string of the molecule is CC1(C)OB(c2ccc(OCF)cc2)OC1(C)C. The Bertz CT molecular complexity index is 401. The average Bonchev–Trinajstić information content (AvgIpc) is 2.50. The van der Waals surface area contributed by atoms with Gasteiger partial charge in [-0.15, -0.1) is 0 Å². The maximum Gasteiger partial charge on any atom is 0.494 e. The maximum absolute atomic E-state index is 12.0. The lowest BCUT2D eigenvalue weighted by atomic mass is 9.79. The van der Waals surface area contributed by atoms with E-state index in [2.05, 4.69) is 0 Å². The van der Waals surface area contributed by atoms with Crippen LogP contribution in [0.1, 0.15) is 27.7 Å². The molecule has 0 saturated carbocycles. The Morgan fingerprint density at radius 3 is 2.00 bits per heavy atom. The smallest absolute Gasteiger partial charge is 0.463 e. The fourth-order valence-corrected chi connectivity index (χ4v) is 1.76. The van der Waals surface area contributed by atoms with Crippen molar-refractivity contribution < 1.29 is 18.4 Å². The third-order valence-corrected chi connectivity index (χ3v) is 3.63. The summed E-state index contributed by atoms with van der Waals surface area (Å²) in [5.74, 6) is 0.498. The summed E-state index contributed by atoms with van der Waals surface area (Å²) < 4.78 is 28.6. The van der Waals surface area contributed by atoms with Crippen LogP contribution in [-0.2, 0) is 9.31 Å². The largest absolute Gasteiger partial charge is 0.494 e. The lowest BCUT2D eigenvalue weighted by Gasteiger charge is -2.32. The molecule has 1 heterocycles. The van der Waals surface area contributed by atoms with E-state index >= 15 is 0 Å². The second kappa shape index (κ2) is 4.55. The molecule has 0 unspecified atom stereocenters. The maximum atomic E-state index is 12.0. The minimum Gasteiger partial charge on any atom is -0.463 e. The summed E-state index contributed by atoms with van der Waals surface area (Å²) in [7, 11) is -0.394.